The lowest BCUT2D eigenvalue weighted by Crippen LogP contribution is -2.58. The molecule has 14 nitrogen and oxygen atoms in total. The number of fused-ring (bicyclic) bond motifs is 2. The number of benzene rings is 2. The van der Waals surface area contributed by atoms with Crippen LogP contribution in [0.4, 0.5) is 9.59 Å². The van der Waals surface area contributed by atoms with E-state index in [1.54, 1.807) is 0 Å². The summed E-state index contributed by atoms with van der Waals surface area (Å²) in [6, 6.07) is 11.7. The van der Waals surface area contributed by atoms with Gasteiger partial charge in [-0.3, -0.25) is 4.90 Å². The number of ether oxygens (including phenoxy) is 4. The minimum atomic E-state index is -4.25. The number of carboxylic acid groups (broad SMARTS) is 1. The van der Waals surface area contributed by atoms with Gasteiger partial charge >= 0.3 is 12.1 Å². The molecule has 0 saturated carbocycles. The summed E-state index contributed by atoms with van der Waals surface area (Å²) in [4.78, 5) is 26.5. The van der Waals surface area contributed by atoms with Crippen molar-refractivity contribution in [2.24, 2.45) is 11.3 Å². The quantitative estimate of drug-likeness (QED) is 0.196. The van der Waals surface area contributed by atoms with E-state index in [1.165, 1.54) is 27.4 Å². The molecule has 51 heavy (non-hydrogen) atoms. The number of aliphatic hydroxyl groups is 1. The molecule has 0 bridgehead atoms. The first-order chi connectivity index (χ1) is 24.0. The minimum absolute atomic E-state index is 0.00519. The number of nitrogens with zero attached hydrogens (tertiary/aromatic N) is 2. The predicted octanol–water partition coefficient (Wildman–Crippen LogP) is 4.02. The molecule has 2 aromatic rings. The van der Waals surface area contributed by atoms with Crippen LogP contribution in [0.5, 0.6) is 11.5 Å². The molecule has 2 aromatic carbocycles. The maximum absolute atomic E-state index is 14.5. The fourth-order valence-electron chi connectivity index (χ4n) is 7.01. The zero-order chi connectivity index (χ0) is 37.0. The van der Waals surface area contributed by atoms with Crippen molar-refractivity contribution in [3.8, 4) is 11.5 Å². The Balaban J connectivity index is 1.42. The smallest absolute Gasteiger partial charge is 0.407 e. The van der Waals surface area contributed by atoms with Gasteiger partial charge in [0.15, 0.2) is 17.8 Å². The van der Waals surface area contributed by atoms with E-state index >= 15 is 0 Å². The van der Waals surface area contributed by atoms with E-state index < -0.39 is 46.0 Å². The van der Waals surface area contributed by atoms with Crippen LogP contribution in [0.1, 0.15) is 59.4 Å². The van der Waals surface area contributed by atoms with Crippen LogP contribution >= 0.6 is 0 Å². The first-order valence-corrected chi connectivity index (χ1v) is 18.9. The van der Waals surface area contributed by atoms with E-state index in [-0.39, 0.29) is 55.3 Å². The van der Waals surface area contributed by atoms with Crippen LogP contribution in [-0.2, 0) is 25.9 Å². The van der Waals surface area contributed by atoms with E-state index in [1.807, 2.05) is 65.0 Å². The molecule has 5 atom stereocenters. The van der Waals surface area contributed by atoms with E-state index in [4.69, 9.17) is 18.9 Å². The first-order valence-electron chi connectivity index (χ1n) is 17.5. The topological polar surface area (TPSA) is 176 Å². The van der Waals surface area contributed by atoms with Crippen LogP contribution in [0.3, 0.4) is 0 Å². The molecule has 0 spiro atoms. The lowest BCUT2D eigenvalue weighted by molar-refractivity contribution is -0.0906. The van der Waals surface area contributed by atoms with Gasteiger partial charge in [-0.15, -0.1) is 0 Å². The molecule has 0 unspecified atom stereocenters. The number of aliphatic hydroxyl groups excluding tert-OH is 1. The Hall–Kier alpha value is -3.63. The molecule has 3 amide bonds. The van der Waals surface area contributed by atoms with Gasteiger partial charge in [-0.1, -0.05) is 44.2 Å². The molecule has 3 aliphatic rings. The summed E-state index contributed by atoms with van der Waals surface area (Å²) in [5.41, 5.74) is -0.209. The molecule has 0 aromatic heterocycles. The fourth-order valence-corrected chi connectivity index (χ4v) is 8.67. The average Bonchev–Trinajstić information content (AvgIpc) is 3.80. The van der Waals surface area contributed by atoms with Crippen molar-refractivity contribution in [2.45, 2.75) is 95.2 Å². The van der Waals surface area contributed by atoms with Crippen LogP contribution in [0, 0.1) is 11.3 Å². The number of urea groups is 1. The summed E-state index contributed by atoms with van der Waals surface area (Å²) in [7, 11) is -4.25. The van der Waals surface area contributed by atoms with E-state index in [2.05, 4.69) is 10.6 Å². The summed E-state index contributed by atoms with van der Waals surface area (Å²) in [6.07, 6.45) is -1.31. The molecule has 3 aliphatic heterocycles. The van der Waals surface area contributed by atoms with Gasteiger partial charge in [0, 0.05) is 37.2 Å². The van der Waals surface area contributed by atoms with Crippen molar-refractivity contribution < 1.29 is 47.2 Å². The molecule has 282 valence electrons. The zero-order valence-corrected chi connectivity index (χ0v) is 30.9. The van der Waals surface area contributed by atoms with Crippen molar-refractivity contribution >= 4 is 22.1 Å². The maximum Gasteiger partial charge on any atom is 0.407 e. The molecule has 0 radical (unpaired) electrons. The monoisotopic (exact) mass is 732 g/mol. The molecule has 5 rings (SSSR count). The highest BCUT2D eigenvalue weighted by Gasteiger charge is 2.49. The number of hydrogen-bond donors (Lipinski definition) is 4. The number of hydrogen-bond acceptors (Lipinski definition) is 9. The van der Waals surface area contributed by atoms with E-state index in [0.717, 1.165) is 5.56 Å². The zero-order valence-electron chi connectivity index (χ0n) is 30.0. The summed E-state index contributed by atoms with van der Waals surface area (Å²) in [5.74, 6) is 0.513. The second-order valence-electron chi connectivity index (χ2n) is 15.3. The third-order valence-electron chi connectivity index (χ3n) is 9.46. The summed E-state index contributed by atoms with van der Waals surface area (Å²) >= 11 is 0. The standard InChI is InChI=1S/C36H52N4O10S/c1-35(2,3)38-33(42)37-16-9-15-36(4,5)22-39(51(45,46)25-12-13-30-31(19-25)50-23-49-30)20-29(41)27(18-24-10-7-6-8-11-24)40(34(43)44)28-21-48-32-26(28)14-17-47-32/h6-8,10-13,19,26-29,32,41H,9,14-18,20-23H2,1-5H3,(H,43,44)(H2,37,38,42)/t26-,27-,28-,29+,32+/m0/s1. The molecule has 3 heterocycles. The third-order valence-corrected chi connectivity index (χ3v) is 11.3. The Bertz CT molecular complexity index is 1620. The minimum Gasteiger partial charge on any atom is -0.465 e. The third kappa shape index (κ3) is 9.83. The number of sulfonamides is 1. The lowest BCUT2D eigenvalue weighted by atomic mass is 9.87. The van der Waals surface area contributed by atoms with Crippen molar-refractivity contribution in [2.75, 3.05) is 39.6 Å². The Kier molecular flexibility index (Phi) is 12.1. The number of carbonyl (C=O) groups is 2. The van der Waals surface area contributed by atoms with Crippen LogP contribution in [0.2, 0.25) is 0 Å². The second-order valence-corrected chi connectivity index (χ2v) is 17.3. The molecular formula is C36H52N4O10S. The Morgan fingerprint density at radius 3 is 2.45 bits per heavy atom. The van der Waals surface area contributed by atoms with Gasteiger partial charge < -0.3 is 39.8 Å². The molecular weight excluding hydrogens is 680 g/mol. The van der Waals surface area contributed by atoms with E-state index in [9.17, 15) is 28.2 Å². The van der Waals surface area contributed by atoms with Crippen LogP contribution in [0.25, 0.3) is 0 Å². The summed E-state index contributed by atoms with van der Waals surface area (Å²) in [6.45, 7) is 10.0. The summed E-state index contributed by atoms with van der Waals surface area (Å²) < 4.78 is 52.6. The highest BCUT2D eigenvalue weighted by molar-refractivity contribution is 7.89. The van der Waals surface area contributed by atoms with Gasteiger partial charge in [0.25, 0.3) is 0 Å². The van der Waals surface area contributed by atoms with Crippen molar-refractivity contribution in [3.05, 3.63) is 54.1 Å². The van der Waals surface area contributed by atoms with Crippen LogP contribution in [0.15, 0.2) is 53.4 Å². The average molecular weight is 733 g/mol. The van der Waals surface area contributed by atoms with Crippen LogP contribution in [-0.4, -0.2) is 110 Å². The molecule has 2 fully saturated rings. The van der Waals surface area contributed by atoms with Crippen molar-refractivity contribution in [1.29, 1.82) is 0 Å². The largest absolute Gasteiger partial charge is 0.465 e. The van der Waals surface area contributed by atoms with Gasteiger partial charge in [-0.05, 0) is 69.6 Å². The van der Waals surface area contributed by atoms with E-state index in [0.29, 0.717) is 43.9 Å². The summed E-state index contributed by atoms with van der Waals surface area (Å²) in [5, 5.41) is 28.5. The van der Waals surface area contributed by atoms with Gasteiger partial charge in [-0.25, -0.2) is 18.0 Å². The number of nitrogens with one attached hydrogen (secondary N) is 2. The van der Waals surface area contributed by atoms with Gasteiger partial charge in [-0.2, -0.15) is 4.31 Å². The second kappa shape index (κ2) is 15.9. The SMILES string of the molecule is CC(C)(CCCNC(=O)NC(C)(C)C)CN(C[C@@H](O)[C@H](Cc1ccccc1)N(C(=O)O)[C@H]1CO[C@H]2OCC[C@H]21)S(=O)(=O)c1ccc2c(c1)OCO2. The predicted molar refractivity (Wildman–Crippen MR) is 188 cm³/mol. The van der Waals surface area contributed by atoms with Crippen molar-refractivity contribution in [1.82, 2.24) is 19.8 Å². The Labute approximate surface area is 300 Å². The number of rotatable bonds is 15. The normalized spacial score (nSPS) is 21.3. The first kappa shape index (κ1) is 38.6. The number of carbonyl (C=O) groups excluding carboxylic acids is 1. The van der Waals surface area contributed by atoms with Gasteiger partial charge in [0.1, 0.15) is 0 Å². The Morgan fingerprint density at radius 1 is 1.02 bits per heavy atom. The van der Waals surface area contributed by atoms with Crippen molar-refractivity contribution in [3.63, 3.8) is 0 Å². The lowest BCUT2D eigenvalue weighted by Gasteiger charge is -2.40. The maximum atomic E-state index is 14.5. The van der Waals surface area contributed by atoms with Gasteiger partial charge in [0.05, 0.1) is 36.3 Å². The molecule has 15 heteroatoms. The number of amides is 3. The highest BCUT2D eigenvalue weighted by Crippen LogP contribution is 2.38. The van der Waals surface area contributed by atoms with Crippen LogP contribution < -0.4 is 20.1 Å². The molecule has 0 aliphatic carbocycles. The molecule has 2 saturated heterocycles. The Morgan fingerprint density at radius 2 is 1.75 bits per heavy atom. The van der Waals surface area contributed by atoms with Gasteiger partial charge in [0.2, 0.25) is 16.8 Å². The fraction of sp³-hybridized carbons (Fsp3) is 0.611. The highest BCUT2D eigenvalue weighted by atomic mass is 32.2. The molecule has 4 N–H and O–H groups in total.